The fourth-order valence-electron chi connectivity index (χ4n) is 3.59. The van der Waals surface area contributed by atoms with Gasteiger partial charge in [0.2, 0.25) is 0 Å². The molecule has 2 heterocycles. The van der Waals surface area contributed by atoms with Gasteiger partial charge < -0.3 is 10.1 Å². The van der Waals surface area contributed by atoms with E-state index in [1.54, 1.807) is 36.4 Å². The molecule has 1 N–H and O–H groups in total. The number of ether oxygens (including phenoxy) is 1. The SMILES string of the molecule is CC1(Cc2ncccc2C(=O)Oc2ccccc2)NC(=O)N(c2ccc(SC(F)(F)F)cc2)C1=O. The molecule has 1 atom stereocenters. The van der Waals surface area contributed by atoms with Gasteiger partial charge in [0.25, 0.3) is 5.91 Å². The van der Waals surface area contributed by atoms with Crippen molar-refractivity contribution in [1.29, 1.82) is 0 Å². The van der Waals surface area contributed by atoms with Gasteiger partial charge in [-0.05, 0) is 67.2 Å². The van der Waals surface area contributed by atoms with E-state index < -0.39 is 29.0 Å². The summed E-state index contributed by atoms with van der Waals surface area (Å²) in [6, 6.07) is 15.6. The number of benzene rings is 2. The second kappa shape index (κ2) is 9.41. The molecule has 0 spiro atoms. The number of carbonyl (C=O) groups excluding carboxylic acids is 3. The first-order valence-corrected chi connectivity index (χ1v) is 11.1. The third-order valence-corrected chi connectivity index (χ3v) is 5.91. The minimum atomic E-state index is -4.46. The van der Waals surface area contributed by atoms with Gasteiger partial charge in [0.15, 0.2) is 0 Å². The summed E-state index contributed by atoms with van der Waals surface area (Å²) in [5.74, 6) is -0.969. The van der Waals surface area contributed by atoms with Crippen LogP contribution in [0.15, 0.2) is 77.8 Å². The second-order valence-electron chi connectivity index (χ2n) is 7.82. The van der Waals surface area contributed by atoms with Gasteiger partial charge in [-0.15, -0.1) is 0 Å². The summed E-state index contributed by atoms with van der Waals surface area (Å²) in [5.41, 5.74) is -5.42. The number of pyridine rings is 1. The predicted octanol–water partition coefficient (Wildman–Crippen LogP) is 4.97. The van der Waals surface area contributed by atoms with Crippen molar-refractivity contribution in [1.82, 2.24) is 10.3 Å². The summed E-state index contributed by atoms with van der Waals surface area (Å²) in [6.45, 7) is 1.49. The second-order valence-corrected chi connectivity index (χ2v) is 8.96. The van der Waals surface area contributed by atoms with E-state index in [9.17, 15) is 27.6 Å². The number of halogens is 3. The van der Waals surface area contributed by atoms with Crippen molar-refractivity contribution in [2.24, 2.45) is 0 Å². The lowest BCUT2D eigenvalue weighted by atomic mass is 9.93. The molecule has 35 heavy (non-hydrogen) atoms. The molecule has 1 aliphatic rings. The Morgan fingerprint density at radius 2 is 1.74 bits per heavy atom. The Hall–Kier alpha value is -3.86. The number of hydrogen-bond acceptors (Lipinski definition) is 6. The average Bonchev–Trinajstić information content (AvgIpc) is 3.02. The molecule has 1 unspecified atom stereocenters. The molecule has 4 rings (SSSR count). The summed E-state index contributed by atoms with van der Waals surface area (Å²) in [5, 5.41) is 2.61. The lowest BCUT2D eigenvalue weighted by Gasteiger charge is -2.22. The van der Waals surface area contributed by atoms with E-state index in [4.69, 9.17) is 4.74 Å². The number of imide groups is 1. The Bertz CT molecular complexity index is 1270. The number of para-hydroxylation sites is 1. The molecule has 1 aromatic heterocycles. The van der Waals surface area contributed by atoms with Crippen LogP contribution in [0, 0.1) is 0 Å². The largest absolute Gasteiger partial charge is 0.446 e. The van der Waals surface area contributed by atoms with Crippen LogP contribution in [0.1, 0.15) is 23.0 Å². The summed E-state index contributed by atoms with van der Waals surface area (Å²) >= 11 is -0.296. The average molecular weight is 501 g/mol. The number of aromatic nitrogens is 1. The maximum absolute atomic E-state index is 13.2. The number of alkyl halides is 3. The van der Waals surface area contributed by atoms with Crippen molar-refractivity contribution in [3.8, 4) is 5.75 Å². The van der Waals surface area contributed by atoms with Crippen LogP contribution in [0.3, 0.4) is 0 Å². The van der Waals surface area contributed by atoms with Crippen LogP contribution in [0.2, 0.25) is 0 Å². The Labute approximate surface area is 202 Å². The molecule has 3 aromatic rings. The highest BCUT2D eigenvalue weighted by Crippen LogP contribution is 2.38. The molecule has 1 aliphatic heterocycles. The molecule has 180 valence electrons. The van der Waals surface area contributed by atoms with E-state index in [0.717, 1.165) is 4.90 Å². The van der Waals surface area contributed by atoms with Gasteiger partial charge in [0, 0.05) is 17.5 Å². The number of nitrogens with zero attached hydrogens (tertiary/aromatic N) is 2. The van der Waals surface area contributed by atoms with Gasteiger partial charge >= 0.3 is 17.5 Å². The molecule has 11 heteroatoms. The number of carbonyl (C=O) groups is 3. The maximum Gasteiger partial charge on any atom is 0.446 e. The van der Waals surface area contributed by atoms with Crippen LogP contribution < -0.4 is 15.0 Å². The van der Waals surface area contributed by atoms with Crippen molar-refractivity contribution in [3.05, 3.63) is 84.2 Å². The fraction of sp³-hybridized carbons (Fsp3) is 0.167. The highest BCUT2D eigenvalue weighted by molar-refractivity contribution is 8.00. The number of urea groups is 1. The summed E-state index contributed by atoms with van der Waals surface area (Å²) < 4.78 is 43.1. The maximum atomic E-state index is 13.2. The van der Waals surface area contributed by atoms with Gasteiger partial charge in [-0.25, -0.2) is 14.5 Å². The zero-order valence-corrected chi connectivity index (χ0v) is 19.0. The van der Waals surface area contributed by atoms with Crippen molar-refractivity contribution >= 4 is 35.4 Å². The van der Waals surface area contributed by atoms with E-state index in [0.29, 0.717) is 5.75 Å². The number of esters is 1. The third kappa shape index (κ3) is 5.46. The Morgan fingerprint density at radius 1 is 1.06 bits per heavy atom. The van der Waals surface area contributed by atoms with Crippen molar-refractivity contribution in [3.63, 3.8) is 0 Å². The number of amides is 3. The van der Waals surface area contributed by atoms with E-state index in [2.05, 4.69) is 10.3 Å². The highest BCUT2D eigenvalue weighted by Gasteiger charge is 2.49. The molecule has 7 nitrogen and oxygen atoms in total. The lowest BCUT2D eigenvalue weighted by Crippen LogP contribution is -2.46. The molecule has 3 amide bonds. The van der Waals surface area contributed by atoms with E-state index in [1.165, 1.54) is 43.5 Å². The van der Waals surface area contributed by atoms with Crippen molar-refractivity contribution < 1.29 is 32.3 Å². The topological polar surface area (TPSA) is 88.6 Å². The predicted molar refractivity (Wildman–Crippen MR) is 122 cm³/mol. The zero-order valence-electron chi connectivity index (χ0n) is 18.2. The first-order valence-electron chi connectivity index (χ1n) is 10.3. The normalized spacial score (nSPS) is 17.9. The number of rotatable bonds is 6. The molecular weight excluding hydrogens is 483 g/mol. The lowest BCUT2D eigenvalue weighted by molar-refractivity contribution is -0.121. The Morgan fingerprint density at radius 3 is 2.40 bits per heavy atom. The molecule has 2 aromatic carbocycles. The van der Waals surface area contributed by atoms with Crippen LogP contribution in [0.4, 0.5) is 23.7 Å². The minimum Gasteiger partial charge on any atom is -0.423 e. The molecule has 0 radical (unpaired) electrons. The van der Waals surface area contributed by atoms with Crippen molar-refractivity contribution in [2.75, 3.05) is 4.90 Å². The number of hydrogen-bond donors (Lipinski definition) is 1. The Kier molecular flexibility index (Phi) is 6.53. The van der Waals surface area contributed by atoms with Crippen LogP contribution in [0.5, 0.6) is 5.75 Å². The number of anilines is 1. The van der Waals surface area contributed by atoms with Crippen LogP contribution in [-0.4, -0.2) is 33.9 Å². The monoisotopic (exact) mass is 501 g/mol. The number of thioether (sulfide) groups is 1. The van der Waals surface area contributed by atoms with Gasteiger partial charge in [-0.3, -0.25) is 9.78 Å². The summed E-state index contributed by atoms with van der Waals surface area (Å²) in [7, 11) is 0. The first kappa shape index (κ1) is 24.3. The third-order valence-electron chi connectivity index (χ3n) is 5.17. The van der Waals surface area contributed by atoms with Crippen LogP contribution in [-0.2, 0) is 11.2 Å². The van der Waals surface area contributed by atoms with Gasteiger partial charge in [0.05, 0.1) is 16.9 Å². The summed E-state index contributed by atoms with van der Waals surface area (Å²) in [4.78, 5) is 43.6. The van der Waals surface area contributed by atoms with Gasteiger partial charge in [-0.1, -0.05) is 18.2 Å². The molecule has 0 bridgehead atoms. The van der Waals surface area contributed by atoms with E-state index in [1.807, 2.05) is 0 Å². The summed E-state index contributed by atoms with van der Waals surface area (Å²) in [6.07, 6.45) is 1.34. The smallest absolute Gasteiger partial charge is 0.423 e. The highest BCUT2D eigenvalue weighted by atomic mass is 32.2. The fourth-order valence-corrected chi connectivity index (χ4v) is 4.13. The standard InChI is InChI=1S/C24H18F3N3O4S/c1-23(14-19-18(8-5-13-28-19)20(31)34-16-6-3-2-4-7-16)21(32)30(22(33)29-23)15-9-11-17(12-10-15)35-24(25,26)27/h2-13H,14H2,1H3,(H,29,33). The minimum absolute atomic E-state index is 0.0777. The first-order chi connectivity index (χ1) is 16.6. The molecule has 0 saturated carbocycles. The molecule has 1 fully saturated rings. The number of nitrogens with one attached hydrogen (secondary N) is 1. The zero-order chi connectivity index (χ0) is 25.2. The van der Waals surface area contributed by atoms with Gasteiger partial charge in [-0.2, -0.15) is 13.2 Å². The Balaban J connectivity index is 1.54. The van der Waals surface area contributed by atoms with Crippen molar-refractivity contribution in [2.45, 2.75) is 29.3 Å². The van der Waals surface area contributed by atoms with Crippen LogP contribution >= 0.6 is 11.8 Å². The molecule has 0 aliphatic carbocycles. The van der Waals surface area contributed by atoms with Crippen LogP contribution in [0.25, 0.3) is 0 Å². The van der Waals surface area contributed by atoms with E-state index in [-0.39, 0.29) is 40.0 Å². The quantitative estimate of drug-likeness (QED) is 0.222. The van der Waals surface area contributed by atoms with Gasteiger partial charge in [0.1, 0.15) is 11.3 Å². The molecule has 1 saturated heterocycles. The molecular formula is C24H18F3N3O4S. The van der Waals surface area contributed by atoms with E-state index >= 15 is 0 Å².